The van der Waals surface area contributed by atoms with Gasteiger partial charge in [0.1, 0.15) is 11.6 Å². The van der Waals surface area contributed by atoms with Crippen LogP contribution in [-0.2, 0) is 25.5 Å². The van der Waals surface area contributed by atoms with Crippen molar-refractivity contribution in [1.82, 2.24) is 20.9 Å². The van der Waals surface area contributed by atoms with E-state index >= 15 is 0 Å². The third-order valence-corrected chi connectivity index (χ3v) is 7.14. The van der Waals surface area contributed by atoms with Crippen molar-refractivity contribution < 1.29 is 24.2 Å². The van der Waals surface area contributed by atoms with Crippen LogP contribution in [0.25, 0.3) is 10.8 Å². The summed E-state index contributed by atoms with van der Waals surface area (Å²) in [4.78, 5) is 42.4. The molecule has 0 saturated carbocycles. The van der Waals surface area contributed by atoms with Gasteiger partial charge < -0.3 is 25.8 Å². The molecule has 9 nitrogen and oxygen atoms in total. The number of ether oxygens (including phenoxy) is 1. The number of methoxy groups -OCH3 is 1. The number of nitrogens with zero attached hydrogens (tertiary/aromatic N) is 1. The lowest BCUT2D eigenvalue weighted by atomic mass is 9.97. The number of imide groups is 1. The molecule has 1 saturated heterocycles. The fourth-order valence-corrected chi connectivity index (χ4v) is 4.67. The van der Waals surface area contributed by atoms with Crippen molar-refractivity contribution in [3.8, 4) is 0 Å². The second kappa shape index (κ2) is 15.4. The Morgan fingerprint density at radius 1 is 1.10 bits per heavy atom. The molecule has 0 aliphatic carbocycles. The van der Waals surface area contributed by atoms with Gasteiger partial charge in [-0.1, -0.05) is 56.3 Å². The van der Waals surface area contributed by atoms with Crippen LogP contribution in [-0.4, -0.2) is 84.8 Å². The van der Waals surface area contributed by atoms with E-state index in [0.29, 0.717) is 25.4 Å². The van der Waals surface area contributed by atoms with Crippen LogP contribution in [0.1, 0.15) is 46.1 Å². The highest BCUT2D eigenvalue weighted by atomic mass is 35.5. The van der Waals surface area contributed by atoms with Gasteiger partial charge in [-0.25, -0.2) is 0 Å². The summed E-state index contributed by atoms with van der Waals surface area (Å²) in [5.41, 5.74) is -0.510. The van der Waals surface area contributed by atoms with Crippen molar-refractivity contribution in [1.29, 1.82) is 0 Å². The summed E-state index contributed by atoms with van der Waals surface area (Å²) >= 11 is 0. The highest BCUT2D eigenvalue weighted by Crippen LogP contribution is 2.23. The quantitative estimate of drug-likeness (QED) is 0.289. The third-order valence-electron chi connectivity index (χ3n) is 7.14. The van der Waals surface area contributed by atoms with Gasteiger partial charge >= 0.3 is 0 Å². The Balaban J connectivity index is 0.00000560. The van der Waals surface area contributed by atoms with Gasteiger partial charge in [-0.05, 0) is 62.0 Å². The molecule has 40 heavy (non-hydrogen) atoms. The number of halogens is 1. The molecular weight excluding hydrogens is 532 g/mol. The number of benzene rings is 2. The van der Waals surface area contributed by atoms with Crippen LogP contribution in [0.5, 0.6) is 0 Å². The molecule has 3 amide bonds. The fourth-order valence-electron chi connectivity index (χ4n) is 4.67. The predicted molar refractivity (Wildman–Crippen MR) is 159 cm³/mol. The molecule has 1 heterocycles. The summed E-state index contributed by atoms with van der Waals surface area (Å²) in [7, 11) is 1.41. The lowest BCUT2D eigenvalue weighted by Gasteiger charge is -2.36. The van der Waals surface area contributed by atoms with Crippen LogP contribution >= 0.6 is 12.4 Å². The largest absolute Gasteiger partial charge is 0.390 e. The number of hydrogen-bond donors (Lipinski definition) is 4. The number of nitrogens with one attached hydrogen (secondary N) is 3. The van der Waals surface area contributed by atoms with Crippen molar-refractivity contribution in [3.63, 3.8) is 0 Å². The molecule has 0 radical (unpaired) electrons. The second-order valence-electron chi connectivity index (χ2n) is 11.2. The molecule has 3 rings (SSSR count). The maximum atomic E-state index is 13.8. The minimum absolute atomic E-state index is 0. The van der Waals surface area contributed by atoms with E-state index < -0.39 is 41.5 Å². The summed E-state index contributed by atoms with van der Waals surface area (Å²) < 4.78 is 5.45. The first kappa shape index (κ1) is 33.6. The molecule has 1 aliphatic heterocycles. The van der Waals surface area contributed by atoms with E-state index in [-0.39, 0.29) is 25.4 Å². The maximum Gasteiger partial charge on any atom is 0.261 e. The molecule has 3 atom stereocenters. The lowest BCUT2D eigenvalue weighted by molar-refractivity contribution is -0.164. The van der Waals surface area contributed by atoms with Crippen molar-refractivity contribution >= 4 is 40.9 Å². The molecule has 1 fully saturated rings. The summed E-state index contributed by atoms with van der Waals surface area (Å²) in [6.45, 7) is 9.04. The molecule has 2 aromatic carbocycles. The first-order valence-corrected chi connectivity index (χ1v) is 13.8. The molecule has 10 heteroatoms. The first-order valence-electron chi connectivity index (χ1n) is 13.8. The highest BCUT2D eigenvalue weighted by Gasteiger charge is 2.44. The van der Waals surface area contributed by atoms with Crippen LogP contribution in [0, 0.1) is 5.92 Å². The van der Waals surface area contributed by atoms with Crippen molar-refractivity contribution in [2.75, 3.05) is 33.3 Å². The third kappa shape index (κ3) is 8.97. The van der Waals surface area contributed by atoms with Crippen LogP contribution < -0.4 is 16.0 Å². The zero-order chi connectivity index (χ0) is 28.6. The minimum Gasteiger partial charge on any atom is -0.390 e. The number of rotatable bonds is 13. The molecule has 222 valence electrons. The van der Waals surface area contributed by atoms with Crippen molar-refractivity contribution in [2.24, 2.45) is 5.92 Å². The molecule has 0 aromatic heterocycles. The smallest absolute Gasteiger partial charge is 0.261 e. The van der Waals surface area contributed by atoms with Crippen molar-refractivity contribution in [2.45, 2.75) is 70.7 Å². The first-order chi connectivity index (χ1) is 18.5. The Morgan fingerprint density at radius 3 is 2.42 bits per heavy atom. The average molecular weight is 577 g/mol. The Morgan fingerprint density at radius 2 is 1.80 bits per heavy atom. The van der Waals surface area contributed by atoms with Crippen LogP contribution in [0.2, 0.25) is 0 Å². The van der Waals surface area contributed by atoms with Crippen molar-refractivity contribution in [3.05, 3.63) is 48.0 Å². The van der Waals surface area contributed by atoms with E-state index in [1.165, 1.54) is 7.11 Å². The maximum absolute atomic E-state index is 13.8. The van der Waals surface area contributed by atoms with E-state index in [1.807, 2.05) is 42.5 Å². The molecule has 1 aliphatic rings. The number of carbonyl (C=O) groups is 3. The lowest BCUT2D eigenvalue weighted by Crippen LogP contribution is -2.61. The predicted octanol–water partition coefficient (Wildman–Crippen LogP) is 2.43. The van der Waals surface area contributed by atoms with Gasteiger partial charge in [0.15, 0.2) is 0 Å². The Bertz CT molecular complexity index is 1140. The van der Waals surface area contributed by atoms with Gasteiger partial charge in [0.05, 0.1) is 12.1 Å². The fraction of sp³-hybridized carbons (Fsp3) is 0.567. The normalized spacial score (nSPS) is 16.8. The van der Waals surface area contributed by atoms with Crippen LogP contribution in [0.3, 0.4) is 0 Å². The monoisotopic (exact) mass is 576 g/mol. The molecular formula is C30H45ClN4O5. The highest BCUT2D eigenvalue weighted by molar-refractivity contribution is 6.05. The van der Waals surface area contributed by atoms with Gasteiger partial charge in [-0.3, -0.25) is 19.3 Å². The Kier molecular flexibility index (Phi) is 13.0. The molecule has 0 spiro atoms. The zero-order valence-corrected chi connectivity index (χ0v) is 25.1. The Labute approximate surface area is 243 Å². The van der Waals surface area contributed by atoms with Gasteiger partial charge in [-0.2, -0.15) is 0 Å². The van der Waals surface area contributed by atoms with Gasteiger partial charge in [0.25, 0.3) is 5.91 Å². The number of aliphatic hydroxyl groups is 1. The van der Waals surface area contributed by atoms with Gasteiger partial charge in [-0.15, -0.1) is 12.4 Å². The van der Waals surface area contributed by atoms with Gasteiger partial charge in [0, 0.05) is 26.6 Å². The minimum atomic E-state index is -1.32. The molecule has 4 N–H and O–H groups in total. The zero-order valence-electron chi connectivity index (χ0n) is 24.2. The second-order valence-corrected chi connectivity index (χ2v) is 11.2. The van der Waals surface area contributed by atoms with E-state index in [2.05, 4.69) is 29.8 Å². The standard InChI is InChI=1S/C30H44N4O5.ClH/c1-20(2)17-31-18-24(35)19-33-27(36)26(16-21-12-13-22-9-6-7-10-23(22)15-21)34(29(38)30(3,4)39-5)28(37)25-11-8-14-32-25;/h6-7,9-10,12-13,15,20,24-26,31-32,35H,8,11,14,16-19H2,1-5H3,(H,33,36);1H/t24?,25-,26+;/m0./s1. The molecule has 1 unspecified atom stereocenters. The van der Waals surface area contributed by atoms with E-state index in [1.54, 1.807) is 13.8 Å². The summed E-state index contributed by atoms with van der Waals surface area (Å²) in [6.07, 6.45) is 0.701. The summed E-state index contributed by atoms with van der Waals surface area (Å²) in [6, 6.07) is 12.1. The number of carbonyl (C=O) groups excluding carboxylic acids is 3. The number of aliphatic hydroxyl groups excluding tert-OH is 1. The van der Waals surface area contributed by atoms with Crippen LogP contribution in [0.4, 0.5) is 0 Å². The molecule has 2 aromatic rings. The number of fused-ring (bicyclic) bond motifs is 1. The average Bonchev–Trinajstić information content (AvgIpc) is 3.46. The molecule has 0 bridgehead atoms. The Hall–Kier alpha value is -2.56. The summed E-state index contributed by atoms with van der Waals surface area (Å²) in [5, 5.41) is 21.6. The number of amides is 3. The SMILES string of the molecule is COC(C)(C)C(=O)N(C(=O)[C@@H]1CCCN1)[C@H](Cc1ccc2ccccc2c1)C(=O)NCC(O)CNCC(C)C.Cl. The van der Waals surface area contributed by atoms with Crippen LogP contribution in [0.15, 0.2) is 42.5 Å². The van der Waals surface area contributed by atoms with Gasteiger partial charge in [0.2, 0.25) is 11.8 Å². The van der Waals surface area contributed by atoms with E-state index in [0.717, 1.165) is 34.2 Å². The van der Waals surface area contributed by atoms with E-state index in [9.17, 15) is 19.5 Å². The van der Waals surface area contributed by atoms with E-state index in [4.69, 9.17) is 4.74 Å². The number of hydrogen-bond acceptors (Lipinski definition) is 7. The summed E-state index contributed by atoms with van der Waals surface area (Å²) in [5.74, 6) is -1.10. The topological polar surface area (TPSA) is 120 Å².